The summed E-state index contributed by atoms with van der Waals surface area (Å²) in [4.78, 5) is 0. The van der Waals surface area contributed by atoms with Crippen molar-refractivity contribution in [2.24, 2.45) is 5.73 Å². The highest BCUT2D eigenvalue weighted by Crippen LogP contribution is 2.40. The zero-order valence-corrected chi connectivity index (χ0v) is 10.6. The molecule has 1 fully saturated rings. The van der Waals surface area contributed by atoms with Crippen LogP contribution in [0.2, 0.25) is 0 Å². The molecule has 18 heavy (non-hydrogen) atoms. The van der Waals surface area contributed by atoms with Crippen molar-refractivity contribution in [1.82, 2.24) is 0 Å². The summed E-state index contributed by atoms with van der Waals surface area (Å²) in [6.07, 6.45) is 4.75. The topological polar surface area (TPSA) is 35.2 Å². The van der Waals surface area contributed by atoms with Crippen LogP contribution in [-0.4, -0.2) is 12.7 Å². The number of hydrogen-bond donors (Lipinski definition) is 1. The first-order valence-electron chi connectivity index (χ1n) is 6.35. The van der Waals surface area contributed by atoms with Gasteiger partial charge < -0.3 is 10.5 Å². The maximum absolute atomic E-state index is 13.8. The van der Waals surface area contributed by atoms with Crippen molar-refractivity contribution >= 4 is 0 Å². The normalized spacial score (nSPS) is 20.7. The third-order valence-electron chi connectivity index (χ3n) is 3.97. The highest BCUT2D eigenvalue weighted by Gasteiger charge is 2.40. The molecular weight excluding hydrogens is 236 g/mol. The molecule has 1 saturated carbocycles. The quantitative estimate of drug-likeness (QED) is 0.899. The summed E-state index contributed by atoms with van der Waals surface area (Å²) in [5, 5.41) is 0. The van der Waals surface area contributed by atoms with Crippen molar-refractivity contribution in [3.8, 4) is 0 Å². The lowest BCUT2D eigenvalue weighted by Gasteiger charge is -2.41. The minimum Gasteiger partial charge on any atom is -0.376 e. The molecule has 1 aliphatic rings. The Morgan fingerprint density at radius 1 is 1.22 bits per heavy atom. The van der Waals surface area contributed by atoms with Crippen LogP contribution in [0, 0.1) is 11.6 Å². The van der Waals surface area contributed by atoms with Crippen LogP contribution in [0.15, 0.2) is 18.2 Å². The molecule has 1 aromatic rings. The molecule has 4 heteroatoms. The highest BCUT2D eigenvalue weighted by molar-refractivity contribution is 5.25. The summed E-state index contributed by atoms with van der Waals surface area (Å²) >= 11 is 0. The number of methoxy groups -OCH3 is 1. The smallest absolute Gasteiger partial charge is 0.128 e. The van der Waals surface area contributed by atoms with E-state index in [4.69, 9.17) is 10.5 Å². The Labute approximate surface area is 106 Å². The molecule has 0 saturated heterocycles. The van der Waals surface area contributed by atoms with Gasteiger partial charge in [-0.25, -0.2) is 8.78 Å². The Morgan fingerprint density at radius 3 is 2.50 bits per heavy atom. The van der Waals surface area contributed by atoms with Crippen molar-refractivity contribution in [3.05, 3.63) is 35.4 Å². The number of benzene rings is 1. The van der Waals surface area contributed by atoms with Gasteiger partial charge in [0.05, 0.1) is 11.6 Å². The lowest BCUT2D eigenvalue weighted by molar-refractivity contribution is -0.0602. The molecule has 0 radical (unpaired) electrons. The number of hydrogen-bond acceptors (Lipinski definition) is 2. The van der Waals surface area contributed by atoms with Crippen LogP contribution in [0.25, 0.3) is 0 Å². The van der Waals surface area contributed by atoms with E-state index in [1.54, 1.807) is 7.11 Å². The molecule has 0 aliphatic heterocycles. The summed E-state index contributed by atoms with van der Waals surface area (Å²) < 4.78 is 32.6. The number of ether oxygens (including phenoxy) is 1. The summed E-state index contributed by atoms with van der Waals surface area (Å²) in [7, 11) is 1.60. The fourth-order valence-electron chi connectivity index (χ4n) is 2.83. The zero-order chi connectivity index (χ0) is 13.2. The summed E-state index contributed by atoms with van der Waals surface area (Å²) in [6, 6.07) is 2.77. The van der Waals surface area contributed by atoms with Gasteiger partial charge in [0.25, 0.3) is 0 Å². The van der Waals surface area contributed by atoms with Crippen LogP contribution >= 0.6 is 0 Å². The Bertz CT molecular complexity index is 416. The van der Waals surface area contributed by atoms with Crippen LogP contribution in [0.5, 0.6) is 0 Å². The summed E-state index contributed by atoms with van der Waals surface area (Å²) in [6.45, 7) is 0. The van der Waals surface area contributed by atoms with Gasteiger partial charge in [-0.15, -0.1) is 0 Å². The molecule has 1 unspecified atom stereocenters. The van der Waals surface area contributed by atoms with E-state index in [1.165, 1.54) is 6.07 Å². The Hall–Kier alpha value is -1.00. The standard InChI is InChI=1S/C14H19F2NO/c1-18-14(7-3-2-4-8-14)13(17)11-9-10(15)5-6-12(11)16/h5-6,9,13H,2-4,7-8,17H2,1H3. The van der Waals surface area contributed by atoms with E-state index in [0.29, 0.717) is 0 Å². The van der Waals surface area contributed by atoms with Gasteiger partial charge in [0.2, 0.25) is 0 Å². The van der Waals surface area contributed by atoms with Crippen LogP contribution in [0.3, 0.4) is 0 Å². The molecule has 100 valence electrons. The molecule has 2 nitrogen and oxygen atoms in total. The largest absolute Gasteiger partial charge is 0.376 e. The molecular formula is C14H19F2NO. The SMILES string of the molecule is COC1(C(N)c2cc(F)ccc2F)CCCCC1. The lowest BCUT2D eigenvalue weighted by Crippen LogP contribution is -2.45. The van der Waals surface area contributed by atoms with Crippen LogP contribution in [0.1, 0.15) is 43.7 Å². The van der Waals surface area contributed by atoms with Crippen LogP contribution in [-0.2, 0) is 4.74 Å². The second-order valence-electron chi connectivity index (χ2n) is 4.97. The minimum atomic E-state index is -0.626. The van der Waals surface area contributed by atoms with Gasteiger partial charge in [0.1, 0.15) is 11.6 Å². The molecule has 2 rings (SSSR count). The van der Waals surface area contributed by atoms with Crippen molar-refractivity contribution in [1.29, 1.82) is 0 Å². The van der Waals surface area contributed by atoms with E-state index in [2.05, 4.69) is 0 Å². The van der Waals surface area contributed by atoms with E-state index in [0.717, 1.165) is 44.2 Å². The van der Waals surface area contributed by atoms with E-state index in [9.17, 15) is 8.78 Å². The second kappa shape index (κ2) is 5.33. The van der Waals surface area contributed by atoms with Gasteiger partial charge in [-0.3, -0.25) is 0 Å². The Balaban J connectivity index is 2.33. The predicted octanol–water partition coefficient (Wildman–Crippen LogP) is 3.31. The average Bonchev–Trinajstić information content (AvgIpc) is 2.41. The first-order valence-corrected chi connectivity index (χ1v) is 6.35. The molecule has 0 amide bonds. The molecule has 0 heterocycles. The molecule has 1 atom stereocenters. The van der Waals surface area contributed by atoms with Crippen molar-refractivity contribution in [2.45, 2.75) is 43.7 Å². The fraction of sp³-hybridized carbons (Fsp3) is 0.571. The monoisotopic (exact) mass is 255 g/mol. The van der Waals surface area contributed by atoms with E-state index in [1.807, 2.05) is 0 Å². The maximum Gasteiger partial charge on any atom is 0.128 e. The molecule has 2 N–H and O–H groups in total. The predicted molar refractivity (Wildman–Crippen MR) is 66.1 cm³/mol. The van der Waals surface area contributed by atoms with Gasteiger partial charge in [-0.1, -0.05) is 19.3 Å². The number of rotatable bonds is 3. The first kappa shape index (κ1) is 13.4. The first-order chi connectivity index (χ1) is 8.59. The number of halogens is 2. The van der Waals surface area contributed by atoms with E-state index in [-0.39, 0.29) is 5.56 Å². The van der Waals surface area contributed by atoms with Gasteiger partial charge in [-0.05, 0) is 31.0 Å². The lowest BCUT2D eigenvalue weighted by atomic mass is 9.77. The van der Waals surface area contributed by atoms with Gasteiger partial charge >= 0.3 is 0 Å². The van der Waals surface area contributed by atoms with E-state index >= 15 is 0 Å². The summed E-state index contributed by atoms with van der Waals surface area (Å²) in [5.41, 5.74) is 5.80. The summed E-state index contributed by atoms with van der Waals surface area (Å²) in [5.74, 6) is -0.935. The molecule has 1 aliphatic carbocycles. The molecule has 0 aromatic heterocycles. The molecule has 1 aromatic carbocycles. The zero-order valence-electron chi connectivity index (χ0n) is 10.6. The van der Waals surface area contributed by atoms with Crippen LogP contribution < -0.4 is 5.73 Å². The minimum absolute atomic E-state index is 0.207. The molecule has 0 spiro atoms. The van der Waals surface area contributed by atoms with Gasteiger partial charge in [0.15, 0.2) is 0 Å². The van der Waals surface area contributed by atoms with Crippen molar-refractivity contribution in [3.63, 3.8) is 0 Å². The maximum atomic E-state index is 13.8. The third kappa shape index (κ3) is 2.40. The van der Waals surface area contributed by atoms with Gasteiger partial charge in [-0.2, -0.15) is 0 Å². The fourth-order valence-corrected chi connectivity index (χ4v) is 2.83. The Kier molecular flexibility index (Phi) is 3.97. The van der Waals surface area contributed by atoms with Gasteiger partial charge in [0, 0.05) is 12.7 Å². The van der Waals surface area contributed by atoms with Crippen molar-refractivity contribution < 1.29 is 13.5 Å². The second-order valence-corrected chi connectivity index (χ2v) is 4.97. The Morgan fingerprint density at radius 2 is 1.89 bits per heavy atom. The third-order valence-corrected chi connectivity index (χ3v) is 3.97. The molecule has 0 bridgehead atoms. The highest BCUT2D eigenvalue weighted by atomic mass is 19.1. The van der Waals surface area contributed by atoms with E-state index < -0.39 is 23.3 Å². The van der Waals surface area contributed by atoms with Crippen LogP contribution in [0.4, 0.5) is 8.78 Å². The average molecular weight is 255 g/mol. The number of nitrogens with two attached hydrogens (primary N) is 1. The van der Waals surface area contributed by atoms with Crippen molar-refractivity contribution in [2.75, 3.05) is 7.11 Å².